The first kappa shape index (κ1) is 14.8. The number of nitrogens with zero attached hydrogens (tertiary/aromatic N) is 1. The summed E-state index contributed by atoms with van der Waals surface area (Å²) in [5.41, 5.74) is 0. The van der Waals surface area contributed by atoms with Gasteiger partial charge in [-0.05, 0) is 58.0 Å². The van der Waals surface area contributed by atoms with Gasteiger partial charge in [-0.15, -0.1) is 0 Å². The third-order valence-corrected chi connectivity index (χ3v) is 4.86. The van der Waals surface area contributed by atoms with Crippen LogP contribution in [-0.4, -0.2) is 37.0 Å². The van der Waals surface area contributed by atoms with E-state index in [1.807, 2.05) is 7.05 Å². The van der Waals surface area contributed by atoms with Gasteiger partial charge >= 0.3 is 0 Å². The van der Waals surface area contributed by atoms with E-state index in [1.54, 1.807) is 0 Å². The van der Waals surface area contributed by atoms with Crippen molar-refractivity contribution < 1.29 is 4.79 Å². The fourth-order valence-electron chi connectivity index (χ4n) is 3.70. The van der Waals surface area contributed by atoms with Gasteiger partial charge in [0.1, 0.15) is 0 Å². The van der Waals surface area contributed by atoms with Gasteiger partial charge in [-0.25, -0.2) is 0 Å². The van der Waals surface area contributed by atoms with Crippen molar-refractivity contribution in [2.45, 2.75) is 70.3 Å². The van der Waals surface area contributed by atoms with Crippen LogP contribution in [0.2, 0.25) is 0 Å². The standard InChI is InChI=1S/C16H30N2O/c1-17-11-10-15-9-5-6-12-18(15)16(19)13-14-7-3-2-4-8-14/h14-15,17H,2-13H2,1H3. The number of piperidine rings is 1. The second-order valence-electron chi connectivity index (χ2n) is 6.34. The van der Waals surface area contributed by atoms with Gasteiger partial charge in [-0.2, -0.15) is 0 Å². The maximum absolute atomic E-state index is 12.5. The molecule has 19 heavy (non-hydrogen) atoms. The Morgan fingerprint density at radius 2 is 1.84 bits per heavy atom. The summed E-state index contributed by atoms with van der Waals surface area (Å²) < 4.78 is 0. The Bertz CT molecular complexity index is 274. The summed E-state index contributed by atoms with van der Waals surface area (Å²) in [6.45, 7) is 2.03. The highest BCUT2D eigenvalue weighted by Crippen LogP contribution is 2.28. The summed E-state index contributed by atoms with van der Waals surface area (Å²) in [6, 6.07) is 0.497. The largest absolute Gasteiger partial charge is 0.340 e. The van der Waals surface area contributed by atoms with Crippen molar-refractivity contribution in [3.63, 3.8) is 0 Å². The second-order valence-corrected chi connectivity index (χ2v) is 6.34. The van der Waals surface area contributed by atoms with Crippen LogP contribution in [-0.2, 0) is 4.79 Å². The molecule has 0 aromatic rings. The van der Waals surface area contributed by atoms with E-state index in [4.69, 9.17) is 0 Å². The Balaban J connectivity index is 1.83. The third-order valence-electron chi connectivity index (χ3n) is 4.86. The summed E-state index contributed by atoms with van der Waals surface area (Å²) in [5, 5.41) is 3.22. The molecule has 0 radical (unpaired) electrons. The van der Waals surface area contributed by atoms with E-state index in [2.05, 4.69) is 10.2 Å². The minimum Gasteiger partial charge on any atom is -0.340 e. The normalized spacial score (nSPS) is 25.5. The van der Waals surface area contributed by atoms with E-state index < -0.39 is 0 Å². The van der Waals surface area contributed by atoms with Crippen molar-refractivity contribution >= 4 is 5.91 Å². The van der Waals surface area contributed by atoms with Gasteiger partial charge in [0, 0.05) is 19.0 Å². The highest BCUT2D eigenvalue weighted by Gasteiger charge is 2.28. The molecular weight excluding hydrogens is 236 g/mol. The lowest BCUT2D eigenvalue weighted by Gasteiger charge is -2.37. The minimum absolute atomic E-state index is 0.438. The number of amides is 1. The predicted octanol–water partition coefficient (Wildman–Crippen LogP) is 2.95. The molecule has 1 amide bonds. The highest BCUT2D eigenvalue weighted by atomic mass is 16.2. The molecule has 3 heteroatoms. The van der Waals surface area contributed by atoms with Crippen molar-refractivity contribution in [1.82, 2.24) is 10.2 Å². The number of hydrogen-bond acceptors (Lipinski definition) is 2. The lowest BCUT2D eigenvalue weighted by molar-refractivity contribution is -0.136. The quantitative estimate of drug-likeness (QED) is 0.830. The molecule has 0 spiro atoms. The topological polar surface area (TPSA) is 32.3 Å². The van der Waals surface area contributed by atoms with Crippen LogP contribution in [0, 0.1) is 5.92 Å². The van der Waals surface area contributed by atoms with Crippen molar-refractivity contribution in [3.05, 3.63) is 0 Å². The lowest BCUT2D eigenvalue weighted by Crippen LogP contribution is -2.45. The number of carbonyl (C=O) groups is 1. The maximum Gasteiger partial charge on any atom is 0.223 e. The maximum atomic E-state index is 12.5. The monoisotopic (exact) mass is 266 g/mol. The summed E-state index contributed by atoms with van der Waals surface area (Å²) in [7, 11) is 2.00. The lowest BCUT2D eigenvalue weighted by atomic mass is 9.86. The van der Waals surface area contributed by atoms with Gasteiger partial charge in [-0.1, -0.05) is 19.3 Å². The van der Waals surface area contributed by atoms with Crippen LogP contribution in [0.3, 0.4) is 0 Å². The van der Waals surface area contributed by atoms with Crippen LogP contribution in [0.15, 0.2) is 0 Å². The Hall–Kier alpha value is -0.570. The van der Waals surface area contributed by atoms with Gasteiger partial charge in [0.25, 0.3) is 0 Å². The second kappa shape index (κ2) is 7.88. The number of carbonyl (C=O) groups excluding carboxylic acids is 1. The fraction of sp³-hybridized carbons (Fsp3) is 0.938. The molecule has 1 aliphatic carbocycles. The SMILES string of the molecule is CNCCC1CCCCN1C(=O)CC1CCCCC1. The van der Waals surface area contributed by atoms with E-state index in [0.29, 0.717) is 17.9 Å². The smallest absolute Gasteiger partial charge is 0.223 e. The minimum atomic E-state index is 0.438. The highest BCUT2D eigenvalue weighted by molar-refractivity contribution is 5.76. The van der Waals surface area contributed by atoms with Crippen LogP contribution >= 0.6 is 0 Å². The average molecular weight is 266 g/mol. The molecule has 2 rings (SSSR count). The van der Waals surface area contributed by atoms with Gasteiger partial charge in [0.15, 0.2) is 0 Å². The summed E-state index contributed by atoms with van der Waals surface area (Å²) in [6.07, 6.45) is 12.2. The molecule has 1 N–H and O–H groups in total. The Labute approximate surface area is 118 Å². The first-order valence-electron chi connectivity index (χ1n) is 8.25. The summed E-state index contributed by atoms with van der Waals surface area (Å²) in [5.74, 6) is 1.11. The van der Waals surface area contributed by atoms with Crippen LogP contribution in [0.1, 0.15) is 64.2 Å². The fourth-order valence-corrected chi connectivity index (χ4v) is 3.70. The molecule has 1 heterocycles. The number of likely N-dealkylation sites (tertiary alicyclic amines) is 1. The van der Waals surface area contributed by atoms with Crippen molar-refractivity contribution in [1.29, 1.82) is 0 Å². The molecule has 110 valence electrons. The predicted molar refractivity (Wildman–Crippen MR) is 79.1 cm³/mol. The molecule has 1 aliphatic heterocycles. The van der Waals surface area contributed by atoms with Crippen LogP contribution < -0.4 is 5.32 Å². The van der Waals surface area contributed by atoms with Gasteiger partial charge in [0.2, 0.25) is 5.91 Å². The molecule has 0 aromatic carbocycles. The molecule has 0 aromatic heterocycles. The molecule has 3 nitrogen and oxygen atoms in total. The zero-order valence-electron chi connectivity index (χ0n) is 12.5. The molecule has 2 aliphatic rings. The van der Waals surface area contributed by atoms with Crippen LogP contribution in [0.4, 0.5) is 0 Å². The first-order valence-corrected chi connectivity index (χ1v) is 8.25. The van der Waals surface area contributed by atoms with E-state index in [9.17, 15) is 4.79 Å². The molecule has 2 fully saturated rings. The molecule has 0 bridgehead atoms. The molecule has 1 unspecified atom stereocenters. The molecule has 1 atom stereocenters. The summed E-state index contributed by atoms with van der Waals surface area (Å²) >= 11 is 0. The van der Waals surface area contributed by atoms with Crippen molar-refractivity contribution in [2.24, 2.45) is 5.92 Å². The Kier molecular flexibility index (Phi) is 6.15. The van der Waals surface area contributed by atoms with Gasteiger partial charge in [-0.3, -0.25) is 4.79 Å². The summed E-state index contributed by atoms with van der Waals surface area (Å²) in [4.78, 5) is 14.7. The zero-order chi connectivity index (χ0) is 13.5. The zero-order valence-corrected chi connectivity index (χ0v) is 12.5. The number of rotatable bonds is 5. The van der Waals surface area contributed by atoms with E-state index in [1.165, 1.54) is 51.4 Å². The van der Waals surface area contributed by atoms with Crippen LogP contribution in [0.25, 0.3) is 0 Å². The van der Waals surface area contributed by atoms with Gasteiger partial charge < -0.3 is 10.2 Å². The first-order chi connectivity index (χ1) is 9.31. The molecular formula is C16H30N2O. The van der Waals surface area contributed by atoms with E-state index in [-0.39, 0.29) is 0 Å². The van der Waals surface area contributed by atoms with Crippen molar-refractivity contribution in [3.8, 4) is 0 Å². The van der Waals surface area contributed by atoms with Crippen molar-refractivity contribution in [2.75, 3.05) is 20.1 Å². The van der Waals surface area contributed by atoms with Gasteiger partial charge in [0.05, 0.1) is 0 Å². The van der Waals surface area contributed by atoms with Crippen LogP contribution in [0.5, 0.6) is 0 Å². The molecule has 1 saturated carbocycles. The number of hydrogen-bond donors (Lipinski definition) is 1. The Morgan fingerprint density at radius 1 is 1.11 bits per heavy atom. The van der Waals surface area contributed by atoms with E-state index >= 15 is 0 Å². The number of nitrogens with one attached hydrogen (secondary N) is 1. The average Bonchev–Trinajstić information content (AvgIpc) is 2.46. The third kappa shape index (κ3) is 4.48. The Morgan fingerprint density at radius 3 is 2.58 bits per heavy atom. The molecule has 1 saturated heterocycles. The van der Waals surface area contributed by atoms with E-state index in [0.717, 1.165) is 25.9 Å².